The van der Waals surface area contributed by atoms with Crippen LogP contribution in [-0.2, 0) is 9.47 Å². The predicted molar refractivity (Wildman–Crippen MR) is 109 cm³/mol. The highest BCUT2D eigenvalue weighted by atomic mass is 32.1. The normalized spacial score (nSPS) is 17.6. The Labute approximate surface area is 174 Å². The first-order valence-electron chi connectivity index (χ1n) is 9.47. The number of thiazole rings is 1. The van der Waals surface area contributed by atoms with Crippen LogP contribution < -0.4 is 5.32 Å². The summed E-state index contributed by atoms with van der Waals surface area (Å²) < 4.78 is 10.6. The lowest BCUT2D eigenvalue weighted by Crippen LogP contribution is -2.42. The number of piperidine rings is 1. The Balaban J connectivity index is 2.16. The zero-order chi connectivity index (χ0) is 22.0. The average molecular weight is 428 g/mol. The van der Waals surface area contributed by atoms with E-state index in [9.17, 15) is 19.5 Å². The van der Waals surface area contributed by atoms with Gasteiger partial charge in [-0.3, -0.25) is 5.32 Å². The quantitative estimate of drug-likeness (QED) is 0.738. The number of aromatic carboxylic acids is 1. The van der Waals surface area contributed by atoms with Crippen LogP contribution in [-0.4, -0.2) is 57.4 Å². The molecule has 0 aliphatic carbocycles. The summed E-state index contributed by atoms with van der Waals surface area (Å²) in [6.07, 6.45) is 0.372. The molecule has 1 aliphatic heterocycles. The summed E-state index contributed by atoms with van der Waals surface area (Å²) in [4.78, 5) is 41.8. The van der Waals surface area contributed by atoms with Crippen molar-refractivity contribution >= 4 is 34.5 Å². The average Bonchev–Trinajstić information content (AvgIpc) is 2.95. The van der Waals surface area contributed by atoms with Crippen molar-refractivity contribution in [1.82, 2.24) is 9.88 Å². The largest absolute Gasteiger partial charge is 0.476 e. The summed E-state index contributed by atoms with van der Waals surface area (Å²) in [6.45, 7) is 11.5. The molecule has 2 heterocycles. The van der Waals surface area contributed by atoms with E-state index in [1.807, 2.05) is 0 Å². The molecule has 162 valence electrons. The molecule has 2 rings (SSSR count). The van der Waals surface area contributed by atoms with Gasteiger partial charge in [0.1, 0.15) is 21.2 Å². The van der Waals surface area contributed by atoms with E-state index in [4.69, 9.17) is 9.47 Å². The van der Waals surface area contributed by atoms with Gasteiger partial charge in [0.15, 0.2) is 5.69 Å². The second kappa shape index (κ2) is 8.56. The van der Waals surface area contributed by atoms with Gasteiger partial charge in [0.25, 0.3) is 0 Å². The molecule has 2 N–H and O–H groups in total. The van der Waals surface area contributed by atoms with Crippen molar-refractivity contribution in [3.05, 3.63) is 10.7 Å². The zero-order valence-corrected chi connectivity index (χ0v) is 18.5. The minimum atomic E-state index is -1.24. The number of hydrogen-bond acceptors (Lipinski definition) is 7. The van der Waals surface area contributed by atoms with Crippen molar-refractivity contribution in [2.75, 3.05) is 18.4 Å². The van der Waals surface area contributed by atoms with Gasteiger partial charge in [0, 0.05) is 19.0 Å². The van der Waals surface area contributed by atoms with Crippen molar-refractivity contribution in [3.63, 3.8) is 0 Å². The third-order valence-electron chi connectivity index (χ3n) is 3.88. The van der Waals surface area contributed by atoms with Gasteiger partial charge in [-0.05, 0) is 54.4 Å². The Morgan fingerprint density at radius 2 is 1.76 bits per heavy atom. The number of ether oxygens (including phenoxy) is 2. The molecular formula is C19H29N3O6S. The molecule has 0 saturated carbocycles. The maximum atomic E-state index is 12.4. The number of nitrogens with one attached hydrogen (secondary N) is 1. The standard InChI is InChI=1S/C19H29N3O6S/c1-18(2,3)27-16(25)21-14-12(15(23)24)20-13(29-14)11-8-7-9-22(10-11)17(26)28-19(4,5)6/h11H,7-10H2,1-6H3,(H,21,25)(H,23,24). The smallest absolute Gasteiger partial charge is 0.412 e. The van der Waals surface area contributed by atoms with Gasteiger partial charge in [0.2, 0.25) is 0 Å². The molecule has 1 unspecified atom stereocenters. The van der Waals surface area contributed by atoms with E-state index in [2.05, 4.69) is 10.3 Å². The van der Waals surface area contributed by atoms with Crippen LogP contribution in [0, 0.1) is 0 Å². The number of hydrogen-bond donors (Lipinski definition) is 2. The van der Waals surface area contributed by atoms with Crippen LogP contribution in [0.2, 0.25) is 0 Å². The summed E-state index contributed by atoms with van der Waals surface area (Å²) in [5.74, 6) is -1.37. The summed E-state index contributed by atoms with van der Waals surface area (Å²) >= 11 is 1.09. The van der Waals surface area contributed by atoms with Crippen LogP contribution in [0.5, 0.6) is 0 Å². The predicted octanol–water partition coefficient (Wildman–Crippen LogP) is 4.30. The van der Waals surface area contributed by atoms with Gasteiger partial charge in [-0.25, -0.2) is 19.4 Å². The fraction of sp³-hybridized carbons (Fsp3) is 0.684. The summed E-state index contributed by atoms with van der Waals surface area (Å²) in [6, 6.07) is 0. The maximum Gasteiger partial charge on any atom is 0.412 e. The van der Waals surface area contributed by atoms with Crippen LogP contribution in [0.4, 0.5) is 14.6 Å². The number of amides is 2. The first-order chi connectivity index (χ1) is 13.2. The number of rotatable bonds is 3. The SMILES string of the molecule is CC(C)(C)OC(=O)Nc1sc(C2CCCN(C(=O)OC(C)(C)C)C2)nc1C(=O)O. The second-order valence-corrected chi connectivity index (χ2v) is 9.96. The Hall–Kier alpha value is -2.36. The van der Waals surface area contributed by atoms with Crippen molar-refractivity contribution < 1.29 is 29.0 Å². The summed E-state index contributed by atoms with van der Waals surface area (Å²) in [5.41, 5.74) is -1.53. The minimum Gasteiger partial charge on any atom is -0.476 e. The fourth-order valence-corrected chi connectivity index (χ4v) is 3.88. The molecule has 0 aromatic carbocycles. The molecule has 1 atom stereocenters. The Bertz CT molecular complexity index is 778. The summed E-state index contributed by atoms with van der Waals surface area (Å²) in [7, 11) is 0. The minimum absolute atomic E-state index is 0.121. The molecule has 0 radical (unpaired) electrons. The van der Waals surface area contributed by atoms with Gasteiger partial charge in [0.05, 0.1) is 0 Å². The maximum absolute atomic E-state index is 12.4. The number of aromatic nitrogens is 1. The molecule has 29 heavy (non-hydrogen) atoms. The van der Waals surface area contributed by atoms with Crippen LogP contribution >= 0.6 is 11.3 Å². The van der Waals surface area contributed by atoms with Crippen LogP contribution in [0.1, 0.15) is 75.8 Å². The molecule has 1 fully saturated rings. The van der Waals surface area contributed by atoms with Gasteiger partial charge in [-0.2, -0.15) is 0 Å². The Kier molecular flexibility index (Phi) is 6.77. The molecule has 9 nitrogen and oxygen atoms in total. The molecular weight excluding hydrogens is 398 g/mol. The van der Waals surface area contributed by atoms with Gasteiger partial charge in [-0.15, -0.1) is 0 Å². The van der Waals surface area contributed by atoms with Crippen LogP contribution in [0.25, 0.3) is 0 Å². The van der Waals surface area contributed by atoms with Crippen LogP contribution in [0.15, 0.2) is 0 Å². The highest BCUT2D eigenvalue weighted by Crippen LogP contribution is 2.35. The molecule has 0 bridgehead atoms. The van der Waals surface area contributed by atoms with E-state index in [1.165, 1.54) is 0 Å². The third kappa shape index (κ3) is 6.88. The Morgan fingerprint density at radius 3 is 2.31 bits per heavy atom. The van der Waals surface area contributed by atoms with Crippen molar-refractivity contribution in [1.29, 1.82) is 0 Å². The molecule has 0 spiro atoms. The number of carboxylic acids is 1. The third-order valence-corrected chi connectivity index (χ3v) is 5.02. The molecule has 1 aromatic heterocycles. The van der Waals surface area contributed by atoms with E-state index < -0.39 is 29.4 Å². The van der Waals surface area contributed by atoms with E-state index in [0.29, 0.717) is 18.1 Å². The first kappa shape index (κ1) is 22.9. The highest BCUT2D eigenvalue weighted by Gasteiger charge is 2.32. The van der Waals surface area contributed by atoms with E-state index in [-0.39, 0.29) is 16.6 Å². The zero-order valence-electron chi connectivity index (χ0n) is 17.7. The number of carboxylic acid groups (broad SMARTS) is 1. The lowest BCUT2D eigenvalue weighted by Gasteiger charge is -2.33. The van der Waals surface area contributed by atoms with E-state index in [1.54, 1.807) is 46.4 Å². The number of likely N-dealkylation sites (tertiary alicyclic amines) is 1. The summed E-state index contributed by atoms with van der Waals surface area (Å²) in [5, 5.41) is 12.6. The highest BCUT2D eigenvalue weighted by molar-refractivity contribution is 7.16. The van der Waals surface area contributed by atoms with Gasteiger partial charge >= 0.3 is 18.2 Å². The van der Waals surface area contributed by atoms with Crippen molar-refractivity contribution in [3.8, 4) is 0 Å². The van der Waals surface area contributed by atoms with Gasteiger partial charge < -0.3 is 19.5 Å². The molecule has 2 amide bonds. The molecule has 1 aliphatic rings. The Morgan fingerprint density at radius 1 is 1.14 bits per heavy atom. The number of carbonyl (C=O) groups is 3. The monoisotopic (exact) mass is 427 g/mol. The van der Waals surface area contributed by atoms with Crippen molar-refractivity contribution in [2.45, 2.75) is 71.5 Å². The fourth-order valence-electron chi connectivity index (χ4n) is 2.81. The number of nitrogens with zero attached hydrogens (tertiary/aromatic N) is 2. The lowest BCUT2D eigenvalue weighted by molar-refractivity contribution is 0.0197. The molecule has 10 heteroatoms. The second-order valence-electron chi connectivity index (χ2n) is 8.93. The number of carbonyl (C=O) groups excluding carboxylic acids is 2. The first-order valence-corrected chi connectivity index (χ1v) is 10.3. The molecule has 1 aromatic rings. The van der Waals surface area contributed by atoms with E-state index >= 15 is 0 Å². The number of anilines is 1. The lowest BCUT2D eigenvalue weighted by atomic mass is 9.99. The van der Waals surface area contributed by atoms with E-state index in [0.717, 1.165) is 24.2 Å². The van der Waals surface area contributed by atoms with Gasteiger partial charge in [-0.1, -0.05) is 11.3 Å². The topological polar surface area (TPSA) is 118 Å². The molecule has 1 saturated heterocycles. The van der Waals surface area contributed by atoms with Crippen molar-refractivity contribution in [2.24, 2.45) is 0 Å². The van der Waals surface area contributed by atoms with Crippen LogP contribution in [0.3, 0.4) is 0 Å².